The number of hydrogen-bond donors (Lipinski definition) is 2. The van der Waals surface area contributed by atoms with Gasteiger partial charge in [-0.15, -0.1) is 24.0 Å². The maximum Gasteiger partial charge on any atom is 0.191 e. The van der Waals surface area contributed by atoms with Crippen molar-refractivity contribution in [1.29, 1.82) is 0 Å². The third-order valence-electron chi connectivity index (χ3n) is 4.54. The van der Waals surface area contributed by atoms with Crippen molar-refractivity contribution >= 4 is 29.9 Å². The molecule has 8 heteroatoms. The van der Waals surface area contributed by atoms with E-state index in [2.05, 4.69) is 44.8 Å². The number of halogens is 1. The van der Waals surface area contributed by atoms with E-state index in [0.717, 1.165) is 23.0 Å². The van der Waals surface area contributed by atoms with E-state index in [4.69, 9.17) is 0 Å². The number of rotatable bonds is 5. The van der Waals surface area contributed by atoms with Crippen molar-refractivity contribution in [2.75, 3.05) is 7.05 Å². The van der Waals surface area contributed by atoms with Gasteiger partial charge in [0.1, 0.15) is 0 Å². The van der Waals surface area contributed by atoms with E-state index in [0.29, 0.717) is 13.1 Å². The predicted molar refractivity (Wildman–Crippen MR) is 119 cm³/mol. The lowest BCUT2D eigenvalue weighted by Gasteiger charge is -2.15. The summed E-state index contributed by atoms with van der Waals surface area (Å²) in [5.41, 5.74) is 5.68. The fourth-order valence-electron chi connectivity index (χ4n) is 2.96. The first-order chi connectivity index (χ1) is 12.6. The molecule has 0 spiro atoms. The third kappa shape index (κ3) is 4.88. The minimum Gasteiger partial charge on any atom is -0.352 e. The normalized spacial score (nSPS) is 11.2. The zero-order valence-electron chi connectivity index (χ0n) is 16.1. The van der Waals surface area contributed by atoms with Crippen LogP contribution in [0, 0.1) is 13.8 Å². The molecule has 0 atom stereocenters. The molecule has 0 aliphatic rings. The first kappa shape index (κ1) is 20.9. The molecule has 0 aliphatic carbocycles. The molecular weight excluding hydrogens is 453 g/mol. The van der Waals surface area contributed by atoms with Crippen molar-refractivity contribution < 1.29 is 0 Å². The van der Waals surface area contributed by atoms with Crippen LogP contribution in [-0.4, -0.2) is 32.3 Å². The summed E-state index contributed by atoms with van der Waals surface area (Å²) in [6.07, 6.45) is 5.53. The average molecular weight is 479 g/mol. The summed E-state index contributed by atoms with van der Waals surface area (Å²) in [6, 6.07) is 8.25. The van der Waals surface area contributed by atoms with E-state index in [1.54, 1.807) is 19.6 Å². The van der Waals surface area contributed by atoms with Crippen LogP contribution in [0.4, 0.5) is 0 Å². The molecule has 2 heterocycles. The van der Waals surface area contributed by atoms with Gasteiger partial charge in [-0.05, 0) is 25.5 Å². The molecule has 0 bridgehead atoms. The lowest BCUT2D eigenvalue weighted by molar-refractivity contribution is 0.728. The monoisotopic (exact) mass is 479 g/mol. The van der Waals surface area contributed by atoms with Crippen LogP contribution >= 0.6 is 24.0 Å². The molecule has 0 saturated carbocycles. The highest BCUT2D eigenvalue weighted by Crippen LogP contribution is 2.14. The fraction of sp³-hybridized carbons (Fsp3) is 0.316. The Morgan fingerprint density at radius 1 is 1.15 bits per heavy atom. The number of imidazole rings is 1. The number of benzene rings is 1. The predicted octanol–water partition coefficient (Wildman–Crippen LogP) is 2.71. The average Bonchev–Trinajstić information content (AvgIpc) is 3.26. The first-order valence-corrected chi connectivity index (χ1v) is 8.60. The standard InChI is InChI=1S/C19H25N7.HI/c1-14-17(15(2)25(4)24-14)12-23-19(20-3)22-11-16-7-5-6-8-18(16)26-10-9-21-13-26;/h5-10,13H,11-12H2,1-4H3,(H2,20,22,23);1H. The molecular formula is C19H26IN7. The summed E-state index contributed by atoms with van der Waals surface area (Å²) in [5.74, 6) is 0.757. The lowest BCUT2D eigenvalue weighted by atomic mass is 10.1. The van der Waals surface area contributed by atoms with Crippen molar-refractivity contribution in [3.63, 3.8) is 0 Å². The maximum atomic E-state index is 4.46. The van der Waals surface area contributed by atoms with Crippen LogP contribution in [0.3, 0.4) is 0 Å². The number of aromatic nitrogens is 4. The van der Waals surface area contributed by atoms with Crippen LogP contribution in [0.25, 0.3) is 5.69 Å². The molecule has 0 amide bonds. The second-order valence-electron chi connectivity index (χ2n) is 6.15. The Morgan fingerprint density at radius 2 is 1.89 bits per heavy atom. The molecule has 0 fully saturated rings. The zero-order valence-corrected chi connectivity index (χ0v) is 18.4. The lowest BCUT2D eigenvalue weighted by Crippen LogP contribution is -2.36. The molecule has 144 valence electrons. The summed E-state index contributed by atoms with van der Waals surface area (Å²) >= 11 is 0. The van der Waals surface area contributed by atoms with Gasteiger partial charge in [-0.25, -0.2) is 4.98 Å². The van der Waals surface area contributed by atoms with Crippen molar-refractivity contribution in [2.24, 2.45) is 12.0 Å². The van der Waals surface area contributed by atoms with E-state index in [9.17, 15) is 0 Å². The Bertz CT molecular complexity index is 897. The van der Waals surface area contributed by atoms with Crippen molar-refractivity contribution in [2.45, 2.75) is 26.9 Å². The highest BCUT2D eigenvalue weighted by molar-refractivity contribution is 14.0. The van der Waals surface area contributed by atoms with Crippen LogP contribution in [0.15, 0.2) is 48.0 Å². The molecule has 0 saturated heterocycles. The number of aliphatic imine (C=N–C) groups is 1. The number of aryl methyl sites for hydroxylation is 2. The van der Waals surface area contributed by atoms with Gasteiger partial charge in [0.05, 0.1) is 17.7 Å². The van der Waals surface area contributed by atoms with Gasteiger partial charge < -0.3 is 15.2 Å². The Kier molecular flexibility index (Phi) is 7.40. The van der Waals surface area contributed by atoms with E-state index in [-0.39, 0.29) is 24.0 Å². The number of hydrogen-bond acceptors (Lipinski definition) is 3. The summed E-state index contributed by atoms with van der Waals surface area (Å²) < 4.78 is 3.92. The molecule has 0 radical (unpaired) electrons. The van der Waals surface area contributed by atoms with Gasteiger partial charge in [0.25, 0.3) is 0 Å². The first-order valence-electron chi connectivity index (χ1n) is 8.60. The van der Waals surface area contributed by atoms with Crippen molar-refractivity contribution in [1.82, 2.24) is 30.0 Å². The SMILES string of the molecule is CN=C(NCc1ccccc1-n1ccnc1)NCc1c(C)nn(C)c1C.I. The number of nitrogens with zero attached hydrogens (tertiary/aromatic N) is 5. The molecule has 27 heavy (non-hydrogen) atoms. The van der Waals surface area contributed by atoms with E-state index < -0.39 is 0 Å². The van der Waals surface area contributed by atoms with Crippen LogP contribution in [0.1, 0.15) is 22.5 Å². The van der Waals surface area contributed by atoms with E-state index in [1.165, 1.54) is 11.1 Å². The molecule has 3 rings (SSSR count). The van der Waals surface area contributed by atoms with Gasteiger partial charge in [0.15, 0.2) is 5.96 Å². The Balaban J connectivity index is 0.00000261. The van der Waals surface area contributed by atoms with Crippen LogP contribution in [0.5, 0.6) is 0 Å². The number of nitrogens with one attached hydrogen (secondary N) is 2. The van der Waals surface area contributed by atoms with E-state index >= 15 is 0 Å². The number of para-hydroxylation sites is 1. The molecule has 7 nitrogen and oxygen atoms in total. The minimum absolute atomic E-state index is 0. The Hall–Kier alpha value is -2.36. The van der Waals surface area contributed by atoms with Gasteiger partial charge in [-0.3, -0.25) is 9.67 Å². The van der Waals surface area contributed by atoms with Crippen molar-refractivity contribution in [3.05, 3.63) is 65.5 Å². The van der Waals surface area contributed by atoms with Crippen LogP contribution in [-0.2, 0) is 20.1 Å². The maximum absolute atomic E-state index is 4.46. The Morgan fingerprint density at radius 3 is 2.52 bits per heavy atom. The van der Waals surface area contributed by atoms with E-state index in [1.807, 2.05) is 41.5 Å². The quantitative estimate of drug-likeness (QED) is 0.336. The van der Waals surface area contributed by atoms with Gasteiger partial charge >= 0.3 is 0 Å². The highest BCUT2D eigenvalue weighted by Gasteiger charge is 2.10. The summed E-state index contributed by atoms with van der Waals surface area (Å²) in [7, 11) is 3.74. The van der Waals surface area contributed by atoms with Gasteiger partial charge in [0, 0.05) is 50.8 Å². The second-order valence-corrected chi connectivity index (χ2v) is 6.15. The molecule has 2 aromatic heterocycles. The van der Waals surface area contributed by atoms with Crippen LogP contribution in [0.2, 0.25) is 0 Å². The van der Waals surface area contributed by atoms with Gasteiger partial charge in [-0.2, -0.15) is 5.10 Å². The van der Waals surface area contributed by atoms with Gasteiger partial charge in [0.2, 0.25) is 0 Å². The molecule has 0 aliphatic heterocycles. The molecule has 2 N–H and O–H groups in total. The second kappa shape index (κ2) is 9.54. The third-order valence-corrected chi connectivity index (χ3v) is 4.54. The zero-order chi connectivity index (χ0) is 18.5. The van der Waals surface area contributed by atoms with Crippen LogP contribution < -0.4 is 10.6 Å². The summed E-state index contributed by atoms with van der Waals surface area (Å²) in [4.78, 5) is 8.46. The van der Waals surface area contributed by atoms with Gasteiger partial charge in [-0.1, -0.05) is 18.2 Å². The molecule has 0 unspecified atom stereocenters. The largest absolute Gasteiger partial charge is 0.352 e. The summed E-state index contributed by atoms with van der Waals surface area (Å²) in [5, 5.41) is 11.2. The summed E-state index contributed by atoms with van der Waals surface area (Å²) in [6.45, 7) is 5.46. The topological polar surface area (TPSA) is 72.1 Å². The smallest absolute Gasteiger partial charge is 0.191 e. The Labute approximate surface area is 176 Å². The number of guanidine groups is 1. The highest BCUT2D eigenvalue weighted by atomic mass is 127. The van der Waals surface area contributed by atoms with Crippen molar-refractivity contribution in [3.8, 4) is 5.69 Å². The molecule has 3 aromatic rings. The fourth-order valence-corrected chi connectivity index (χ4v) is 2.96. The minimum atomic E-state index is 0. The molecule has 1 aromatic carbocycles.